The quantitative estimate of drug-likeness (QED) is 0.473. The van der Waals surface area contributed by atoms with Gasteiger partial charge in [0.1, 0.15) is 22.9 Å². The topological polar surface area (TPSA) is 90.2 Å². The van der Waals surface area contributed by atoms with Crippen molar-refractivity contribution in [2.24, 2.45) is 7.05 Å². The maximum Gasteiger partial charge on any atom is 0.222 e. The molecular weight excluding hydrogens is 442 g/mol. The van der Waals surface area contributed by atoms with E-state index in [1.165, 1.54) is 5.56 Å². The normalized spacial score (nSPS) is 15.4. The Morgan fingerprint density at radius 3 is 2.69 bits per heavy atom. The average Bonchev–Trinajstić information content (AvgIpc) is 3.19. The zero-order valence-corrected chi connectivity index (χ0v) is 20.4. The highest BCUT2D eigenvalue weighted by molar-refractivity contribution is 5.72. The molecule has 0 aliphatic carbocycles. The number of aromatic nitrogens is 5. The van der Waals surface area contributed by atoms with Crippen LogP contribution in [0.3, 0.4) is 0 Å². The summed E-state index contributed by atoms with van der Waals surface area (Å²) in [6, 6.07) is 12.2. The lowest BCUT2D eigenvalue weighted by Gasteiger charge is -2.20. The van der Waals surface area contributed by atoms with Gasteiger partial charge in [0.05, 0.1) is 18.9 Å². The van der Waals surface area contributed by atoms with Crippen LogP contribution in [0.2, 0.25) is 0 Å². The van der Waals surface area contributed by atoms with Gasteiger partial charge in [-0.3, -0.25) is 0 Å². The third-order valence-electron chi connectivity index (χ3n) is 5.76. The molecule has 9 heteroatoms. The molecule has 5 rings (SSSR count). The van der Waals surface area contributed by atoms with Crippen LogP contribution in [0.15, 0.2) is 55.0 Å². The van der Waals surface area contributed by atoms with Crippen molar-refractivity contribution < 1.29 is 9.47 Å². The van der Waals surface area contributed by atoms with E-state index in [9.17, 15) is 0 Å². The second-order valence-corrected chi connectivity index (χ2v) is 8.94. The molecule has 4 bridgehead atoms. The number of rotatable bonds is 3. The van der Waals surface area contributed by atoms with Gasteiger partial charge in [-0.25, -0.2) is 19.6 Å². The molecule has 4 aromatic rings. The number of benzene rings is 1. The van der Waals surface area contributed by atoms with Gasteiger partial charge in [0, 0.05) is 44.0 Å². The molecule has 1 N–H and O–H groups in total. The maximum absolute atomic E-state index is 6.41. The Bertz CT molecular complexity index is 1320. The lowest BCUT2D eigenvalue weighted by Crippen LogP contribution is -2.17. The summed E-state index contributed by atoms with van der Waals surface area (Å²) < 4.78 is 14.2. The molecule has 0 amide bonds. The van der Waals surface area contributed by atoms with Crippen molar-refractivity contribution in [1.82, 2.24) is 29.6 Å². The van der Waals surface area contributed by atoms with E-state index in [0.29, 0.717) is 36.4 Å². The molecule has 1 aliphatic heterocycles. The Morgan fingerprint density at radius 2 is 1.89 bits per heavy atom. The SMILES string of the molecule is C[C@H]1CCOc2c(cnn2C)-c2nccc(n2)Nc2cc(c(-c3ccc(CN(C)C)cc3)cn2)O1. The minimum Gasteiger partial charge on any atom is -0.490 e. The number of nitrogens with zero attached hydrogens (tertiary/aromatic N) is 6. The first-order valence-electron chi connectivity index (χ1n) is 11.6. The van der Waals surface area contributed by atoms with Crippen LogP contribution in [-0.4, -0.2) is 56.4 Å². The second kappa shape index (κ2) is 9.71. The van der Waals surface area contributed by atoms with Gasteiger partial charge in [-0.05, 0) is 38.2 Å². The van der Waals surface area contributed by atoms with E-state index in [-0.39, 0.29) is 6.10 Å². The van der Waals surface area contributed by atoms with E-state index in [2.05, 4.69) is 68.6 Å². The number of nitrogens with one attached hydrogen (secondary N) is 1. The molecule has 0 unspecified atom stereocenters. The van der Waals surface area contributed by atoms with Crippen LogP contribution >= 0.6 is 0 Å². The van der Waals surface area contributed by atoms with Crippen molar-refractivity contribution >= 4 is 11.6 Å². The molecular formula is C26H29N7O2. The summed E-state index contributed by atoms with van der Waals surface area (Å²) in [6.45, 7) is 3.40. The maximum atomic E-state index is 6.41. The van der Waals surface area contributed by atoms with Crippen LogP contribution in [0.1, 0.15) is 18.9 Å². The number of hydrogen-bond acceptors (Lipinski definition) is 8. The Morgan fingerprint density at radius 1 is 1.06 bits per heavy atom. The van der Waals surface area contributed by atoms with Crippen LogP contribution in [-0.2, 0) is 13.6 Å². The Labute approximate surface area is 204 Å². The Balaban J connectivity index is 1.51. The summed E-state index contributed by atoms with van der Waals surface area (Å²) in [7, 11) is 5.97. The molecule has 0 saturated heterocycles. The standard InChI is InChI=1S/C26H29N7O2/c1-17-10-12-34-26-21(15-29-33(26)4)25-27-11-9-23(31-25)30-24-13-22(35-17)20(14-28-24)19-7-5-18(6-8-19)16-32(2)3/h5-9,11,13-15,17H,10,12,16H2,1-4H3,(H,27,28,30,31)/t17-/m0/s1. The van der Waals surface area contributed by atoms with Gasteiger partial charge in [0.15, 0.2) is 5.82 Å². The summed E-state index contributed by atoms with van der Waals surface area (Å²) in [5.74, 6) is 3.18. The van der Waals surface area contributed by atoms with E-state index in [1.807, 2.05) is 26.2 Å². The molecule has 0 fully saturated rings. The number of hydrogen-bond donors (Lipinski definition) is 1. The summed E-state index contributed by atoms with van der Waals surface area (Å²) in [6.07, 6.45) is 5.88. The minimum atomic E-state index is -0.0780. The molecule has 9 nitrogen and oxygen atoms in total. The molecule has 1 aliphatic rings. The Kier molecular flexibility index (Phi) is 6.33. The van der Waals surface area contributed by atoms with E-state index >= 15 is 0 Å². The van der Waals surface area contributed by atoms with E-state index < -0.39 is 0 Å². The smallest absolute Gasteiger partial charge is 0.222 e. The highest BCUT2D eigenvalue weighted by atomic mass is 16.5. The summed E-state index contributed by atoms with van der Waals surface area (Å²) in [5.41, 5.74) is 3.98. The van der Waals surface area contributed by atoms with Crippen molar-refractivity contribution in [1.29, 1.82) is 0 Å². The summed E-state index contributed by atoms with van der Waals surface area (Å²) in [5, 5.41) is 7.62. The zero-order valence-electron chi connectivity index (χ0n) is 20.4. The predicted octanol–water partition coefficient (Wildman–Crippen LogP) is 4.29. The van der Waals surface area contributed by atoms with Crippen LogP contribution < -0.4 is 14.8 Å². The fourth-order valence-corrected chi connectivity index (χ4v) is 4.01. The van der Waals surface area contributed by atoms with E-state index in [1.54, 1.807) is 23.1 Å². The predicted molar refractivity (Wildman–Crippen MR) is 135 cm³/mol. The van der Waals surface area contributed by atoms with Crippen molar-refractivity contribution in [3.05, 3.63) is 60.6 Å². The first kappa shape index (κ1) is 22.8. The largest absolute Gasteiger partial charge is 0.490 e. The second-order valence-electron chi connectivity index (χ2n) is 8.94. The number of aryl methyl sites for hydroxylation is 1. The van der Waals surface area contributed by atoms with Gasteiger partial charge in [0.2, 0.25) is 5.88 Å². The monoisotopic (exact) mass is 471 g/mol. The molecule has 1 aromatic carbocycles. The van der Waals surface area contributed by atoms with Crippen molar-refractivity contribution in [3.63, 3.8) is 0 Å². The van der Waals surface area contributed by atoms with Gasteiger partial charge in [-0.1, -0.05) is 24.3 Å². The van der Waals surface area contributed by atoms with Crippen LogP contribution in [0.5, 0.6) is 11.6 Å². The van der Waals surface area contributed by atoms with Gasteiger partial charge >= 0.3 is 0 Å². The molecule has 1 atom stereocenters. The molecule has 0 radical (unpaired) electrons. The van der Waals surface area contributed by atoms with Gasteiger partial charge < -0.3 is 19.7 Å². The van der Waals surface area contributed by atoms with Gasteiger partial charge in [-0.2, -0.15) is 5.10 Å². The van der Waals surface area contributed by atoms with Crippen molar-refractivity contribution in [3.8, 4) is 34.1 Å². The minimum absolute atomic E-state index is 0.0780. The number of anilines is 2. The van der Waals surface area contributed by atoms with Gasteiger partial charge in [0.25, 0.3) is 0 Å². The molecule has 4 heterocycles. The molecule has 180 valence electrons. The lowest BCUT2D eigenvalue weighted by molar-refractivity contribution is 0.173. The van der Waals surface area contributed by atoms with Crippen molar-refractivity contribution in [2.45, 2.75) is 26.0 Å². The highest BCUT2D eigenvalue weighted by Crippen LogP contribution is 2.34. The number of ether oxygens (including phenoxy) is 2. The van der Waals surface area contributed by atoms with Crippen LogP contribution in [0.4, 0.5) is 11.6 Å². The molecule has 0 spiro atoms. The van der Waals surface area contributed by atoms with Gasteiger partial charge in [-0.15, -0.1) is 0 Å². The van der Waals surface area contributed by atoms with E-state index in [4.69, 9.17) is 9.47 Å². The Hall–Kier alpha value is -3.98. The molecule has 35 heavy (non-hydrogen) atoms. The third kappa shape index (κ3) is 5.09. The van der Waals surface area contributed by atoms with Crippen LogP contribution in [0.25, 0.3) is 22.5 Å². The number of pyridine rings is 1. The molecule has 3 aromatic heterocycles. The van der Waals surface area contributed by atoms with E-state index in [0.717, 1.165) is 29.0 Å². The first-order valence-corrected chi connectivity index (χ1v) is 11.6. The van der Waals surface area contributed by atoms with Crippen LogP contribution in [0, 0.1) is 0 Å². The summed E-state index contributed by atoms with van der Waals surface area (Å²) >= 11 is 0. The fraction of sp³-hybridized carbons (Fsp3) is 0.308. The zero-order chi connectivity index (χ0) is 24.4. The first-order chi connectivity index (χ1) is 17.0. The highest BCUT2D eigenvalue weighted by Gasteiger charge is 2.18. The molecule has 0 saturated carbocycles. The lowest BCUT2D eigenvalue weighted by atomic mass is 10.0. The number of fused-ring (bicyclic) bond motifs is 6. The fourth-order valence-electron chi connectivity index (χ4n) is 4.01. The average molecular weight is 472 g/mol. The summed E-state index contributed by atoms with van der Waals surface area (Å²) in [4.78, 5) is 15.9. The third-order valence-corrected chi connectivity index (χ3v) is 5.76. The van der Waals surface area contributed by atoms with Crippen molar-refractivity contribution in [2.75, 3.05) is 26.0 Å².